The molecule has 0 aliphatic carbocycles. The summed E-state index contributed by atoms with van der Waals surface area (Å²) in [4.78, 5) is 10.7. The summed E-state index contributed by atoms with van der Waals surface area (Å²) >= 11 is 0. The number of esters is 1. The molecule has 0 fully saturated rings. The molecule has 0 heterocycles. The summed E-state index contributed by atoms with van der Waals surface area (Å²) in [5, 5.41) is 0. The van der Waals surface area contributed by atoms with Crippen LogP contribution < -0.4 is 5.73 Å². The zero-order chi connectivity index (χ0) is 15.2. The molecule has 0 spiro atoms. The fraction of sp³-hybridized carbons (Fsp3) is 0.923. The number of hydrogen-bond donors (Lipinski definition) is 1. The molecular weight excluding hydrogens is 266 g/mol. The topological polar surface area (TPSA) is 89.2 Å². The SMILES string of the molecule is COC(C)COC(C)COCCOCCOC(=O)CN. The maximum Gasteiger partial charge on any atom is 0.319 e. The van der Waals surface area contributed by atoms with E-state index in [0.29, 0.717) is 33.0 Å². The Morgan fingerprint density at radius 2 is 1.65 bits per heavy atom. The standard InChI is InChI=1S/C13H27NO6/c1-11(16-3)10-20-12(2)9-18-5-4-17-6-7-19-13(15)8-14/h11-12H,4-10,14H2,1-3H3. The molecule has 0 aromatic carbocycles. The summed E-state index contributed by atoms with van der Waals surface area (Å²) < 4.78 is 25.9. The number of carbonyl (C=O) groups excluding carboxylic acids is 1. The van der Waals surface area contributed by atoms with Crippen LogP contribution in [0.5, 0.6) is 0 Å². The Morgan fingerprint density at radius 3 is 2.30 bits per heavy atom. The van der Waals surface area contributed by atoms with Crippen molar-refractivity contribution in [2.24, 2.45) is 5.73 Å². The lowest BCUT2D eigenvalue weighted by atomic mass is 10.4. The van der Waals surface area contributed by atoms with Crippen molar-refractivity contribution < 1.29 is 28.5 Å². The minimum absolute atomic E-state index is 0.0121. The highest BCUT2D eigenvalue weighted by molar-refractivity contribution is 5.71. The Balaban J connectivity index is 3.25. The molecule has 0 aromatic heterocycles. The van der Waals surface area contributed by atoms with Crippen molar-refractivity contribution in [1.29, 1.82) is 0 Å². The van der Waals surface area contributed by atoms with Crippen LogP contribution in [-0.4, -0.2) is 71.5 Å². The fourth-order valence-electron chi connectivity index (χ4n) is 1.16. The van der Waals surface area contributed by atoms with Crippen LogP contribution in [0.15, 0.2) is 0 Å². The van der Waals surface area contributed by atoms with Crippen LogP contribution >= 0.6 is 0 Å². The second-order valence-electron chi connectivity index (χ2n) is 4.30. The van der Waals surface area contributed by atoms with Crippen molar-refractivity contribution in [1.82, 2.24) is 0 Å². The van der Waals surface area contributed by atoms with Gasteiger partial charge in [-0.25, -0.2) is 0 Å². The van der Waals surface area contributed by atoms with Crippen LogP contribution in [0.3, 0.4) is 0 Å². The predicted molar refractivity (Wildman–Crippen MR) is 73.5 cm³/mol. The average Bonchev–Trinajstić information content (AvgIpc) is 2.46. The monoisotopic (exact) mass is 293 g/mol. The lowest BCUT2D eigenvalue weighted by molar-refractivity contribution is -0.143. The maximum atomic E-state index is 10.7. The van der Waals surface area contributed by atoms with Crippen LogP contribution in [0, 0.1) is 0 Å². The predicted octanol–water partition coefficient (Wildman–Crippen LogP) is -0.0385. The smallest absolute Gasteiger partial charge is 0.319 e. The third kappa shape index (κ3) is 12.3. The summed E-state index contributed by atoms with van der Waals surface area (Å²) in [6.45, 7) is 6.29. The Labute approximate surface area is 120 Å². The molecule has 0 bridgehead atoms. The van der Waals surface area contributed by atoms with E-state index in [-0.39, 0.29) is 25.4 Å². The van der Waals surface area contributed by atoms with Gasteiger partial charge in [-0.3, -0.25) is 4.79 Å². The van der Waals surface area contributed by atoms with Crippen molar-refractivity contribution in [3.63, 3.8) is 0 Å². The lowest BCUT2D eigenvalue weighted by Gasteiger charge is -2.16. The van der Waals surface area contributed by atoms with Gasteiger partial charge in [0.2, 0.25) is 0 Å². The molecule has 2 atom stereocenters. The first-order valence-electron chi connectivity index (χ1n) is 6.75. The van der Waals surface area contributed by atoms with Gasteiger partial charge in [0.1, 0.15) is 6.61 Å². The summed E-state index contributed by atoms with van der Waals surface area (Å²) in [7, 11) is 1.65. The molecule has 0 saturated carbocycles. The van der Waals surface area contributed by atoms with Gasteiger partial charge in [-0.05, 0) is 13.8 Å². The van der Waals surface area contributed by atoms with Gasteiger partial charge in [-0.2, -0.15) is 0 Å². The van der Waals surface area contributed by atoms with E-state index < -0.39 is 5.97 Å². The van der Waals surface area contributed by atoms with Crippen molar-refractivity contribution in [3.8, 4) is 0 Å². The summed E-state index contributed by atoms with van der Waals surface area (Å²) in [6, 6.07) is 0. The Hall–Kier alpha value is -0.730. The van der Waals surface area contributed by atoms with Gasteiger partial charge in [0.15, 0.2) is 0 Å². The third-order valence-corrected chi connectivity index (χ3v) is 2.40. The van der Waals surface area contributed by atoms with Crippen molar-refractivity contribution in [3.05, 3.63) is 0 Å². The van der Waals surface area contributed by atoms with E-state index in [1.165, 1.54) is 0 Å². The average molecular weight is 293 g/mol. The molecule has 2 N–H and O–H groups in total. The molecule has 120 valence electrons. The first-order valence-corrected chi connectivity index (χ1v) is 6.75. The van der Waals surface area contributed by atoms with E-state index in [1.807, 2.05) is 13.8 Å². The van der Waals surface area contributed by atoms with Crippen LogP contribution in [0.2, 0.25) is 0 Å². The van der Waals surface area contributed by atoms with Gasteiger partial charge >= 0.3 is 5.97 Å². The highest BCUT2D eigenvalue weighted by atomic mass is 16.6. The summed E-state index contributed by atoms with van der Waals surface area (Å²) in [6.07, 6.45) is 0.0927. The highest BCUT2D eigenvalue weighted by Gasteiger charge is 2.05. The molecule has 0 aliphatic rings. The van der Waals surface area contributed by atoms with E-state index in [9.17, 15) is 4.79 Å². The molecule has 0 saturated heterocycles. The Kier molecular flexibility index (Phi) is 12.8. The number of hydrogen-bond acceptors (Lipinski definition) is 7. The molecule has 0 rings (SSSR count). The fourth-order valence-corrected chi connectivity index (χ4v) is 1.16. The molecule has 7 nitrogen and oxygen atoms in total. The molecule has 0 aromatic rings. The minimum Gasteiger partial charge on any atom is -0.462 e. The summed E-state index contributed by atoms with van der Waals surface area (Å²) in [5.41, 5.74) is 5.08. The lowest BCUT2D eigenvalue weighted by Crippen LogP contribution is -2.23. The Morgan fingerprint density at radius 1 is 1.00 bits per heavy atom. The van der Waals surface area contributed by atoms with Crippen LogP contribution in [0.25, 0.3) is 0 Å². The third-order valence-electron chi connectivity index (χ3n) is 2.40. The van der Waals surface area contributed by atoms with Crippen molar-refractivity contribution in [2.75, 3.05) is 53.3 Å². The van der Waals surface area contributed by atoms with Gasteiger partial charge in [0.25, 0.3) is 0 Å². The molecule has 7 heteroatoms. The molecule has 20 heavy (non-hydrogen) atoms. The van der Waals surface area contributed by atoms with Gasteiger partial charge in [0.05, 0.1) is 51.8 Å². The van der Waals surface area contributed by atoms with E-state index in [1.54, 1.807) is 7.11 Å². The van der Waals surface area contributed by atoms with Crippen molar-refractivity contribution >= 4 is 5.97 Å². The quantitative estimate of drug-likeness (QED) is 0.376. The second-order valence-corrected chi connectivity index (χ2v) is 4.30. The van der Waals surface area contributed by atoms with E-state index in [4.69, 9.17) is 29.4 Å². The van der Waals surface area contributed by atoms with Crippen molar-refractivity contribution in [2.45, 2.75) is 26.1 Å². The first kappa shape index (κ1) is 19.3. The number of methoxy groups -OCH3 is 1. The van der Waals surface area contributed by atoms with E-state index in [2.05, 4.69) is 0 Å². The van der Waals surface area contributed by atoms with Crippen LogP contribution in [0.4, 0.5) is 0 Å². The second kappa shape index (κ2) is 13.3. The van der Waals surface area contributed by atoms with Gasteiger partial charge in [0, 0.05) is 7.11 Å². The largest absolute Gasteiger partial charge is 0.462 e. The molecule has 0 radical (unpaired) electrons. The first-order chi connectivity index (χ1) is 9.60. The zero-order valence-electron chi connectivity index (χ0n) is 12.6. The van der Waals surface area contributed by atoms with E-state index in [0.717, 1.165) is 0 Å². The zero-order valence-corrected chi connectivity index (χ0v) is 12.6. The molecule has 2 unspecified atom stereocenters. The molecular formula is C13H27NO6. The number of ether oxygens (including phenoxy) is 5. The minimum atomic E-state index is -0.430. The van der Waals surface area contributed by atoms with Crippen LogP contribution in [0.1, 0.15) is 13.8 Å². The van der Waals surface area contributed by atoms with Crippen LogP contribution in [-0.2, 0) is 28.5 Å². The highest BCUT2D eigenvalue weighted by Crippen LogP contribution is 1.96. The maximum absolute atomic E-state index is 10.7. The number of rotatable bonds is 13. The van der Waals surface area contributed by atoms with Gasteiger partial charge < -0.3 is 29.4 Å². The normalized spacial score (nSPS) is 14.0. The van der Waals surface area contributed by atoms with Gasteiger partial charge in [-0.15, -0.1) is 0 Å². The number of carbonyl (C=O) groups is 1. The summed E-state index contributed by atoms with van der Waals surface area (Å²) in [5.74, 6) is -0.430. The molecule has 0 aliphatic heterocycles. The van der Waals surface area contributed by atoms with E-state index >= 15 is 0 Å². The Bertz CT molecular complexity index is 239. The number of nitrogens with two attached hydrogens (primary N) is 1. The van der Waals surface area contributed by atoms with Gasteiger partial charge in [-0.1, -0.05) is 0 Å². The molecule has 0 amide bonds.